The van der Waals surface area contributed by atoms with Crippen LogP contribution in [0.1, 0.15) is 21.1 Å². The SMILES string of the molecule is Cc1nc(CC(CN)Cc2cccc(F)c2)sc1C. The van der Waals surface area contributed by atoms with Crippen molar-refractivity contribution in [3.05, 3.63) is 51.2 Å². The molecule has 1 unspecified atom stereocenters. The Kier molecular flexibility index (Phi) is 4.66. The lowest BCUT2D eigenvalue weighted by Gasteiger charge is -2.13. The maximum atomic E-state index is 13.2. The van der Waals surface area contributed by atoms with Crippen LogP contribution in [0.25, 0.3) is 0 Å². The molecule has 19 heavy (non-hydrogen) atoms. The summed E-state index contributed by atoms with van der Waals surface area (Å²) in [5, 5.41) is 1.13. The molecule has 1 aromatic heterocycles. The molecule has 0 fully saturated rings. The summed E-state index contributed by atoms with van der Waals surface area (Å²) < 4.78 is 13.2. The summed E-state index contributed by atoms with van der Waals surface area (Å²) in [7, 11) is 0. The molecule has 2 aromatic rings. The average Bonchev–Trinajstić information content (AvgIpc) is 2.67. The van der Waals surface area contributed by atoms with Crippen LogP contribution in [0.5, 0.6) is 0 Å². The number of aromatic nitrogens is 1. The van der Waals surface area contributed by atoms with Gasteiger partial charge in [0.1, 0.15) is 5.82 Å². The van der Waals surface area contributed by atoms with Gasteiger partial charge in [0.25, 0.3) is 0 Å². The third kappa shape index (κ3) is 3.85. The Morgan fingerprint density at radius 2 is 2.11 bits per heavy atom. The largest absolute Gasteiger partial charge is 0.330 e. The van der Waals surface area contributed by atoms with Crippen LogP contribution < -0.4 is 5.73 Å². The monoisotopic (exact) mass is 278 g/mol. The third-order valence-electron chi connectivity index (χ3n) is 3.28. The normalized spacial score (nSPS) is 12.6. The van der Waals surface area contributed by atoms with E-state index in [9.17, 15) is 4.39 Å². The number of nitrogens with zero attached hydrogens (tertiary/aromatic N) is 1. The molecule has 1 atom stereocenters. The Balaban J connectivity index is 2.04. The van der Waals surface area contributed by atoms with Gasteiger partial charge in [-0.25, -0.2) is 9.37 Å². The first-order valence-electron chi connectivity index (χ1n) is 6.46. The number of benzene rings is 1. The molecule has 2 N–H and O–H groups in total. The summed E-state index contributed by atoms with van der Waals surface area (Å²) in [6, 6.07) is 6.75. The Morgan fingerprint density at radius 1 is 1.32 bits per heavy atom. The molecule has 102 valence electrons. The van der Waals surface area contributed by atoms with Crippen molar-refractivity contribution >= 4 is 11.3 Å². The van der Waals surface area contributed by atoms with Crippen molar-refractivity contribution < 1.29 is 4.39 Å². The predicted molar refractivity (Wildman–Crippen MR) is 77.9 cm³/mol. The van der Waals surface area contributed by atoms with E-state index in [1.54, 1.807) is 23.5 Å². The highest BCUT2D eigenvalue weighted by Crippen LogP contribution is 2.21. The van der Waals surface area contributed by atoms with Crippen LogP contribution >= 0.6 is 11.3 Å². The summed E-state index contributed by atoms with van der Waals surface area (Å²) in [5.74, 6) is 0.126. The van der Waals surface area contributed by atoms with Gasteiger partial charge in [0, 0.05) is 11.3 Å². The molecule has 0 aliphatic rings. The molecule has 0 amide bonds. The zero-order valence-electron chi connectivity index (χ0n) is 11.3. The van der Waals surface area contributed by atoms with Gasteiger partial charge >= 0.3 is 0 Å². The Hall–Kier alpha value is -1.26. The molecule has 0 radical (unpaired) electrons. The van der Waals surface area contributed by atoms with Crippen LogP contribution in [0.3, 0.4) is 0 Å². The van der Waals surface area contributed by atoms with Crippen molar-refractivity contribution in [1.29, 1.82) is 0 Å². The highest BCUT2D eigenvalue weighted by atomic mass is 32.1. The van der Waals surface area contributed by atoms with Gasteiger partial charge in [-0.2, -0.15) is 0 Å². The van der Waals surface area contributed by atoms with E-state index in [1.165, 1.54) is 10.9 Å². The number of thiazole rings is 1. The summed E-state index contributed by atoms with van der Waals surface area (Å²) >= 11 is 1.73. The van der Waals surface area contributed by atoms with Crippen LogP contribution in [-0.4, -0.2) is 11.5 Å². The zero-order valence-corrected chi connectivity index (χ0v) is 12.1. The minimum absolute atomic E-state index is 0.186. The number of halogens is 1. The minimum Gasteiger partial charge on any atom is -0.330 e. The summed E-state index contributed by atoms with van der Waals surface area (Å²) in [6.07, 6.45) is 1.66. The number of hydrogen-bond acceptors (Lipinski definition) is 3. The average molecular weight is 278 g/mol. The molecule has 2 nitrogen and oxygen atoms in total. The molecule has 0 aliphatic heterocycles. The molecule has 1 aromatic carbocycles. The number of hydrogen-bond donors (Lipinski definition) is 1. The fourth-order valence-corrected chi connectivity index (χ4v) is 3.16. The van der Waals surface area contributed by atoms with Crippen molar-refractivity contribution in [1.82, 2.24) is 4.98 Å². The van der Waals surface area contributed by atoms with Crippen molar-refractivity contribution in [3.8, 4) is 0 Å². The number of aryl methyl sites for hydroxylation is 2. The molecule has 2 rings (SSSR count). The van der Waals surface area contributed by atoms with Crippen molar-refractivity contribution in [2.45, 2.75) is 26.7 Å². The first kappa shape index (κ1) is 14.2. The predicted octanol–water partition coefficient (Wildman–Crippen LogP) is 3.26. The van der Waals surface area contributed by atoms with Gasteiger partial charge in [0.05, 0.1) is 10.7 Å². The minimum atomic E-state index is -0.186. The molecule has 1 heterocycles. The molecular formula is C15H19FN2S. The maximum Gasteiger partial charge on any atom is 0.123 e. The lowest BCUT2D eigenvalue weighted by atomic mass is 9.96. The number of rotatable bonds is 5. The smallest absolute Gasteiger partial charge is 0.123 e. The van der Waals surface area contributed by atoms with E-state index in [-0.39, 0.29) is 5.82 Å². The van der Waals surface area contributed by atoms with Crippen molar-refractivity contribution in [2.75, 3.05) is 6.54 Å². The second-order valence-electron chi connectivity index (χ2n) is 4.89. The Labute approximate surface area is 117 Å². The fourth-order valence-electron chi connectivity index (χ4n) is 2.11. The molecular weight excluding hydrogens is 259 g/mol. The topological polar surface area (TPSA) is 38.9 Å². The fraction of sp³-hybridized carbons (Fsp3) is 0.400. The van der Waals surface area contributed by atoms with Crippen LogP contribution in [0.15, 0.2) is 24.3 Å². The second kappa shape index (κ2) is 6.26. The van der Waals surface area contributed by atoms with Crippen LogP contribution in [-0.2, 0) is 12.8 Å². The molecule has 0 saturated carbocycles. The Morgan fingerprint density at radius 3 is 2.68 bits per heavy atom. The summed E-state index contributed by atoms with van der Waals surface area (Å²) in [6.45, 7) is 4.70. The van der Waals surface area contributed by atoms with Gasteiger partial charge in [-0.05, 0) is 50.4 Å². The van der Waals surface area contributed by atoms with E-state index in [0.29, 0.717) is 12.5 Å². The quantitative estimate of drug-likeness (QED) is 0.911. The maximum absolute atomic E-state index is 13.2. The van der Waals surface area contributed by atoms with Gasteiger partial charge in [-0.1, -0.05) is 12.1 Å². The van der Waals surface area contributed by atoms with Crippen LogP contribution in [0.2, 0.25) is 0 Å². The molecule has 0 aliphatic carbocycles. The van der Waals surface area contributed by atoms with E-state index in [0.717, 1.165) is 29.1 Å². The van der Waals surface area contributed by atoms with Gasteiger partial charge in [-0.3, -0.25) is 0 Å². The highest BCUT2D eigenvalue weighted by molar-refractivity contribution is 7.11. The first-order chi connectivity index (χ1) is 9.08. The van der Waals surface area contributed by atoms with E-state index in [1.807, 2.05) is 13.0 Å². The summed E-state index contributed by atoms with van der Waals surface area (Å²) in [5.41, 5.74) is 7.93. The summed E-state index contributed by atoms with van der Waals surface area (Å²) in [4.78, 5) is 5.81. The standard InChI is InChI=1S/C15H19FN2S/c1-10-11(2)19-15(18-10)8-13(9-17)6-12-4-3-5-14(16)7-12/h3-5,7,13H,6,8-9,17H2,1-2H3. The van der Waals surface area contributed by atoms with E-state index < -0.39 is 0 Å². The zero-order chi connectivity index (χ0) is 13.8. The molecule has 0 saturated heterocycles. The van der Waals surface area contributed by atoms with Crippen LogP contribution in [0, 0.1) is 25.6 Å². The van der Waals surface area contributed by atoms with E-state index in [2.05, 4.69) is 11.9 Å². The van der Waals surface area contributed by atoms with E-state index >= 15 is 0 Å². The van der Waals surface area contributed by atoms with Gasteiger partial charge in [0.2, 0.25) is 0 Å². The molecule has 0 bridgehead atoms. The molecule has 0 spiro atoms. The molecule has 4 heteroatoms. The van der Waals surface area contributed by atoms with Crippen LogP contribution in [0.4, 0.5) is 4.39 Å². The highest BCUT2D eigenvalue weighted by Gasteiger charge is 2.13. The Bertz CT molecular complexity index is 531. The first-order valence-corrected chi connectivity index (χ1v) is 7.27. The van der Waals surface area contributed by atoms with Gasteiger partial charge < -0.3 is 5.73 Å². The van der Waals surface area contributed by atoms with E-state index in [4.69, 9.17) is 5.73 Å². The van der Waals surface area contributed by atoms with Gasteiger partial charge in [-0.15, -0.1) is 11.3 Å². The van der Waals surface area contributed by atoms with Gasteiger partial charge in [0.15, 0.2) is 0 Å². The second-order valence-corrected chi connectivity index (χ2v) is 6.18. The van der Waals surface area contributed by atoms with Crippen molar-refractivity contribution in [2.24, 2.45) is 11.7 Å². The lowest BCUT2D eigenvalue weighted by Crippen LogP contribution is -2.19. The number of nitrogens with two attached hydrogens (primary N) is 1. The lowest BCUT2D eigenvalue weighted by molar-refractivity contribution is 0.529. The van der Waals surface area contributed by atoms with Crippen molar-refractivity contribution in [3.63, 3.8) is 0 Å². The third-order valence-corrected chi connectivity index (χ3v) is 4.38.